The van der Waals surface area contributed by atoms with E-state index >= 15 is 0 Å². The summed E-state index contributed by atoms with van der Waals surface area (Å²) in [6.45, 7) is 8.64. The molecule has 1 fully saturated rings. The maximum atomic E-state index is 13.1. The number of carbonyl (C=O) groups excluding carboxylic acids is 2. The Hall–Kier alpha value is -2.93. The van der Waals surface area contributed by atoms with Gasteiger partial charge in [0.2, 0.25) is 11.8 Å². The Morgan fingerprint density at radius 3 is 2.20 bits per heavy atom. The molecule has 1 aliphatic heterocycles. The first-order valence-electron chi connectivity index (χ1n) is 10.2. The molecule has 2 aromatic rings. The van der Waals surface area contributed by atoms with Gasteiger partial charge in [-0.2, -0.15) is 0 Å². The lowest BCUT2D eigenvalue weighted by molar-refractivity contribution is -0.128. The molecule has 0 spiro atoms. The minimum atomic E-state index is -0.326. The van der Waals surface area contributed by atoms with Crippen LogP contribution in [-0.4, -0.2) is 55.5 Å². The summed E-state index contributed by atoms with van der Waals surface area (Å²) in [5.74, 6) is -0.653. The summed E-state index contributed by atoms with van der Waals surface area (Å²) in [7, 11) is 0. The Labute approximate surface area is 177 Å². The van der Waals surface area contributed by atoms with Crippen LogP contribution in [0.3, 0.4) is 0 Å². The van der Waals surface area contributed by atoms with Gasteiger partial charge in [0.15, 0.2) is 0 Å². The van der Waals surface area contributed by atoms with E-state index in [0.29, 0.717) is 0 Å². The van der Waals surface area contributed by atoms with Gasteiger partial charge in [-0.25, -0.2) is 4.39 Å². The number of benzene rings is 2. The number of piperazine rings is 1. The maximum absolute atomic E-state index is 13.1. The lowest BCUT2D eigenvalue weighted by Gasteiger charge is -2.38. The van der Waals surface area contributed by atoms with E-state index in [1.807, 2.05) is 39.0 Å². The average molecular weight is 413 g/mol. The zero-order valence-electron chi connectivity index (χ0n) is 17.7. The summed E-state index contributed by atoms with van der Waals surface area (Å²) in [5, 5.41) is 5.62. The van der Waals surface area contributed by atoms with Gasteiger partial charge in [-0.3, -0.25) is 14.5 Å². The maximum Gasteiger partial charge on any atom is 0.243 e. The average Bonchev–Trinajstić information content (AvgIpc) is 2.75. The second-order valence-electron chi connectivity index (χ2n) is 7.71. The van der Waals surface area contributed by atoms with Crippen LogP contribution in [0, 0.1) is 19.7 Å². The van der Waals surface area contributed by atoms with Gasteiger partial charge in [0.1, 0.15) is 5.82 Å². The molecule has 2 amide bonds. The first kappa shape index (κ1) is 21.8. The van der Waals surface area contributed by atoms with Crippen molar-refractivity contribution >= 4 is 23.2 Å². The molecule has 0 aromatic heterocycles. The van der Waals surface area contributed by atoms with Gasteiger partial charge in [-0.1, -0.05) is 18.2 Å². The Morgan fingerprint density at radius 2 is 1.60 bits per heavy atom. The van der Waals surface area contributed by atoms with Crippen LogP contribution in [0.2, 0.25) is 0 Å². The number of anilines is 2. The first-order valence-corrected chi connectivity index (χ1v) is 10.2. The monoisotopic (exact) mass is 412 g/mol. The summed E-state index contributed by atoms with van der Waals surface area (Å²) < 4.78 is 13.1. The first-order chi connectivity index (χ1) is 14.3. The van der Waals surface area contributed by atoms with Crippen molar-refractivity contribution in [3.05, 3.63) is 59.4 Å². The minimum absolute atomic E-state index is 0.0630. The Balaban J connectivity index is 1.45. The molecule has 0 radical (unpaired) electrons. The van der Waals surface area contributed by atoms with Crippen LogP contribution in [-0.2, 0) is 9.59 Å². The van der Waals surface area contributed by atoms with E-state index < -0.39 is 0 Å². The number of nitrogens with zero attached hydrogens (tertiary/aromatic N) is 2. The van der Waals surface area contributed by atoms with Crippen molar-refractivity contribution in [2.24, 2.45) is 0 Å². The predicted octanol–water partition coefficient (Wildman–Crippen LogP) is 2.71. The van der Waals surface area contributed by atoms with E-state index in [1.165, 1.54) is 12.1 Å². The van der Waals surface area contributed by atoms with E-state index in [4.69, 9.17) is 0 Å². The zero-order chi connectivity index (χ0) is 21.7. The lowest BCUT2D eigenvalue weighted by Crippen LogP contribution is -2.54. The van der Waals surface area contributed by atoms with Gasteiger partial charge >= 0.3 is 0 Å². The highest BCUT2D eigenvalue weighted by atomic mass is 19.1. The molecule has 0 bridgehead atoms. The fourth-order valence-electron chi connectivity index (χ4n) is 3.70. The Kier molecular flexibility index (Phi) is 7.05. The number of rotatable bonds is 6. The highest BCUT2D eigenvalue weighted by molar-refractivity contribution is 5.96. The van der Waals surface area contributed by atoms with Crippen LogP contribution in [0.25, 0.3) is 0 Å². The van der Waals surface area contributed by atoms with Crippen molar-refractivity contribution in [2.75, 3.05) is 42.9 Å². The van der Waals surface area contributed by atoms with Crippen molar-refractivity contribution in [2.45, 2.75) is 26.8 Å². The molecule has 6 nitrogen and oxygen atoms in total. The van der Waals surface area contributed by atoms with Crippen LogP contribution in [0.4, 0.5) is 15.8 Å². The zero-order valence-corrected chi connectivity index (χ0v) is 17.7. The molecule has 160 valence electrons. The molecule has 1 aliphatic rings. The van der Waals surface area contributed by atoms with E-state index in [-0.39, 0.29) is 30.2 Å². The van der Waals surface area contributed by atoms with E-state index in [0.717, 1.165) is 48.7 Å². The smallest absolute Gasteiger partial charge is 0.243 e. The number of para-hydroxylation sites is 1. The number of aryl methyl sites for hydroxylation is 2. The van der Waals surface area contributed by atoms with Crippen LogP contribution < -0.4 is 15.5 Å². The summed E-state index contributed by atoms with van der Waals surface area (Å²) >= 11 is 0. The van der Waals surface area contributed by atoms with Crippen molar-refractivity contribution in [3.8, 4) is 0 Å². The van der Waals surface area contributed by atoms with E-state index in [9.17, 15) is 14.0 Å². The molecule has 3 rings (SSSR count). The summed E-state index contributed by atoms with van der Waals surface area (Å²) in [6.07, 6.45) is 0. The third kappa shape index (κ3) is 5.36. The van der Waals surface area contributed by atoms with Crippen molar-refractivity contribution in [1.29, 1.82) is 0 Å². The number of hydrogen-bond acceptors (Lipinski definition) is 4. The molecule has 2 N–H and O–H groups in total. The molecule has 0 aliphatic carbocycles. The Morgan fingerprint density at radius 1 is 1.00 bits per heavy atom. The van der Waals surface area contributed by atoms with Gasteiger partial charge in [0, 0.05) is 37.6 Å². The number of carbonyl (C=O) groups is 2. The standard InChI is InChI=1S/C23H29FN4O2/c1-16-5-4-6-17(2)22(16)26-21(29)15-25-23(30)18(3)27-11-13-28(14-12-27)20-9-7-19(24)8-10-20/h4-10,18H,11-15H2,1-3H3,(H,25,30)(H,26,29). The number of amides is 2. The summed E-state index contributed by atoms with van der Waals surface area (Å²) in [6, 6.07) is 12.0. The number of nitrogens with one attached hydrogen (secondary N) is 2. The van der Waals surface area contributed by atoms with Crippen LogP contribution >= 0.6 is 0 Å². The number of hydrogen-bond donors (Lipinski definition) is 2. The topological polar surface area (TPSA) is 64.7 Å². The third-order valence-corrected chi connectivity index (χ3v) is 5.60. The molecule has 0 saturated carbocycles. The molecule has 1 atom stereocenters. The third-order valence-electron chi connectivity index (χ3n) is 5.60. The van der Waals surface area contributed by atoms with Crippen molar-refractivity contribution < 1.29 is 14.0 Å². The molecule has 2 aromatic carbocycles. The lowest BCUT2D eigenvalue weighted by atomic mass is 10.1. The molecular weight excluding hydrogens is 383 g/mol. The molecular formula is C23H29FN4O2. The van der Waals surface area contributed by atoms with E-state index in [1.54, 1.807) is 12.1 Å². The van der Waals surface area contributed by atoms with Crippen LogP contribution in [0.15, 0.2) is 42.5 Å². The van der Waals surface area contributed by atoms with Gasteiger partial charge in [-0.05, 0) is 56.2 Å². The number of halogens is 1. The molecule has 1 heterocycles. The normalized spacial score (nSPS) is 15.5. The highest BCUT2D eigenvalue weighted by Gasteiger charge is 2.26. The SMILES string of the molecule is Cc1cccc(C)c1NC(=O)CNC(=O)C(C)N1CCN(c2ccc(F)cc2)CC1. The molecule has 1 saturated heterocycles. The molecule has 30 heavy (non-hydrogen) atoms. The summed E-state index contributed by atoms with van der Waals surface area (Å²) in [5.41, 5.74) is 3.75. The molecule has 7 heteroatoms. The van der Waals surface area contributed by atoms with Gasteiger partial charge < -0.3 is 15.5 Å². The second kappa shape index (κ2) is 9.71. The van der Waals surface area contributed by atoms with E-state index in [2.05, 4.69) is 20.4 Å². The van der Waals surface area contributed by atoms with Crippen LogP contribution in [0.5, 0.6) is 0 Å². The molecule has 1 unspecified atom stereocenters. The van der Waals surface area contributed by atoms with Crippen molar-refractivity contribution in [3.63, 3.8) is 0 Å². The van der Waals surface area contributed by atoms with Gasteiger partial charge in [-0.15, -0.1) is 0 Å². The fraction of sp³-hybridized carbons (Fsp3) is 0.391. The van der Waals surface area contributed by atoms with Crippen LogP contribution in [0.1, 0.15) is 18.1 Å². The minimum Gasteiger partial charge on any atom is -0.369 e. The quantitative estimate of drug-likeness (QED) is 0.766. The largest absolute Gasteiger partial charge is 0.369 e. The van der Waals surface area contributed by atoms with Gasteiger partial charge in [0.25, 0.3) is 0 Å². The predicted molar refractivity (Wildman–Crippen MR) is 117 cm³/mol. The fourth-order valence-corrected chi connectivity index (χ4v) is 3.70. The summed E-state index contributed by atoms with van der Waals surface area (Å²) in [4.78, 5) is 29.1. The highest BCUT2D eigenvalue weighted by Crippen LogP contribution is 2.19. The Bertz CT molecular complexity index is 872. The van der Waals surface area contributed by atoms with Crippen molar-refractivity contribution in [1.82, 2.24) is 10.2 Å². The second-order valence-corrected chi connectivity index (χ2v) is 7.71. The van der Waals surface area contributed by atoms with Gasteiger partial charge in [0.05, 0.1) is 12.6 Å².